The van der Waals surface area contributed by atoms with Crippen LogP contribution < -0.4 is 11.1 Å². The summed E-state index contributed by atoms with van der Waals surface area (Å²) in [5, 5.41) is 12.6. The first-order valence-electron chi connectivity index (χ1n) is 6.12. The molecule has 1 heterocycles. The van der Waals surface area contributed by atoms with Gasteiger partial charge in [0.1, 0.15) is 0 Å². The Morgan fingerprint density at radius 1 is 1.42 bits per heavy atom. The molecule has 106 valence electrons. The fraction of sp³-hybridized carbons (Fsp3) is 0.462. The van der Waals surface area contributed by atoms with Gasteiger partial charge in [0.2, 0.25) is 0 Å². The molecule has 6 heteroatoms. The number of carboxylic acid groups (broad SMARTS) is 1. The summed E-state index contributed by atoms with van der Waals surface area (Å²) in [6, 6.07) is 4.98. The molecule has 0 amide bonds. The molecule has 0 radical (unpaired) electrons. The van der Waals surface area contributed by atoms with Crippen molar-refractivity contribution in [2.24, 2.45) is 5.92 Å². The molecule has 1 aliphatic rings. The summed E-state index contributed by atoms with van der Waals surface area (Å²) in [7, 11) is 0. The molecule has 0 aliphatic carbocycles. The number of nitrogen functional groups attached to an aromatic ring is 1. The Bertz CT molecular complexity index is 421. The van der Waals surface area contributed by atoms with Crippen LogP contribution in [0, 0.1) is 5.92 Å². The Balaban J connectivity index is 0.000000191. The number of hydrogen-bond donors (Lipinski definition) is 3. The Morgan fingerprint density at radius 3 is 2.63 bits per heavy atom. The third-order valence-corrected chi connectivity index (χ3v) is 3.61. The Morgan fingerprint density at radius 2 is 2.16 bits per heavy atom. The molecule has 0 spiro atoms. The second-order valence-corrected chi connectivity index (χ2v) is 5.28. The highest BCUT2D eigenvalue weighted by Gasteiger charge is 2.14. The molecular formula is C13H18Cl2N2O2. The summed E-state index contributed by atoms with van der Waals surface area (Å²) in [4.78, 5) is 10.1. The van der Waals surface area contributed by atoms with Gasteiger partial charge >= 0.3 is 5.97 Å². The zero-order valence-electron chi connectivity index (χ0n) is 10.5. The van der Waals surface area contributed by atoms with E-state index in [4.69, 9.17) is 34.0 Å². The molecule has 4 nitrogen and oxygen atoms in total. The van der Waals surface area contributed by atoms with Crippen molar-refractivity contribution in [2.75, 3.05) is 18.8 Å². The SMILES string of the molecule is Nc1ccc(Cl)c(Cl)c1.O=C(O)CCC1CCNC1. The zero-order chi connectivity index (χ0) is 14.3. The van der Waals surface area contributed by atoms with Gasteiger partial charge in [-0.05, 0) is 50.0 Å². The largest absolute Gasteiger partial charge is 0.481 e. The topological polar surface area (TPSA) is 75.4 Å². The van der Waals surface area contributed by atoms with Crippen LogP contribution in [0.15, 0.2) is 18.2 Å². The number of benzene rings is 1. The first-order chi connectivity index (χ1) is 8.99. The van der Waals surface area contributed by atoms with Crippen molar-refractivity contribution < 1.29 is 9.90 Å². The molecule has 1 atom stereocenters. The first kappa shape index (κ1) is 16.1. The van der Waals surface area contributed by atoms with Crippen molar-refractivity contribution in [3.63, 3.8) is 0 Å². The molecule has 1 fully saturated rings. The van der Waals surface area contributed by atoms with Crippen LogP contribution in [0.3, 0.4) is 0 Å². The van der Waals surface area contributed by atoms with Gasteiger partial charge in [-0.15, -0.1) is 0 Å². The fourth-order valence-electron chi connectivity index (χ4n) is 1.80. The van der Waals surface area contributed by atoms with Gasteiger partial charge in [0.15, 0.2) is 0 Å². The van der Waals surface area contributed by atoms with E-state index in [1.54, 1.807) is 18.2 Å². The van der Waals surface area contributed by atoms with Crippen molar-refractivity contribution in [3.8, 4) is 0 Å². The van der Waals surface area contributed by atoms with Crippen LogP contribution in [0.5, 0.6) is 0 Å². The van der Waals surface area contributed by atoms with Gasteiger partial charge < -0.3 is 16.2 Å². The molecule has 1 aliphatic heterocycles. The third-order valence-electron chi connectivity index (χ3n) is 2.87. The van der Waals surface area contributed by atoms with Crippen molar-refractivity contribution in [1.29, 1.82) is 0 Å². The van der Waals surface area contributed by atoms with Gasteiger partial charge in [0.05, 0.1) is 10.0 Å². The van der Waals surface area contributed by atoms with Crippen LogP contribution >= 0.6 is 23.2 Å². The maximum Gasteiger partial charge on any atom is 0.303 e. The summed E-state index contributed by atoms with van der Waals surface area (Å²) in [5.41, 5.74) is 6.01. The summed E-state index contributed by atoms with van der Waals surface area (Å²) < 4.78 is 0. The number of halogens is 2. The molecule has 4 N–H and O–H groups in total. The lowest BCUT2D eigenvalue weighted by atomic mass is 10.0. The van der Waals surface area contributed by atoms with E-state index in [2.05, 4.69) is 5.32 Å². The fourth-order valence-corrected chi connectivity index (χ4v) is 2.11. The monoisotopic (exact) mass is 304 g/mol. The number of nitrogens with two attached hydrogens (primary N) is 1. The van der Waals surface area contributed by atoms with E-state index >= 15 is 0 Å². The molecular weight excluding hydrogens is 287 g/mol. The van der Waals surface area contributed by atoms with Gasteiger partial charge in [-0.25, -0.2) is 0 Å². The van der Waals surface area contributed by atoms with E-state index in [0.29, 0.717) is 28.1 Å². The number of hydrogen-bond acceptors (Lipinski definition) is 3. The highest BCUT2D eigenvalue weighted by atomic mass is 35.5. The highest BCUT2D eigenvalue weighted by Crippen LogP contribution is 2.23. The lowest BCUT2D eigenvalue weighted by Crippen LogP contribution is -2.10. The average Bonchev–Trinajstić information content (AvgIpc) is 2.86. The number of nitrogens with one attached hydrogen (secondary N) is 1. The lowest BCUT2D eigenvalue weighted by molar-refractivity contribution is -0.137. The van der Waals surface area contributed by atoms with E-state index in [9.17, 15) is 4.79 Å². The normalized spacial score (nSPS) is 17.7. The van der Waals surface area contributed by atoms with Gasteiger partial charge in [0.25, 0.3) is 0 Å². The Kier molecular flexibility index (Phi) is 6.99. The third kappa shape index (κ3) is 6.66. The van der Waals surface area contributed by atoms with Gasteiger partial charge in [0, 0.05) is 12.1 Å². The van der Waals surface area contributed by atoms with Crippen molar-refractivity contribution in [3.05, 3.63) is 28.2 Å². The molecule has 0 saturated carbocycles. The maximum atomic E-state index is 10.1. The van der Waals surface area contributed by atoms with Gasteiger partial charge in [-0.1, -0.05) is 23.2 Å². The molecule has 19 heavy (non-hydrogen) atoms. The molecule has 1 saturated heterocycles. The summed E-state index contributed by atoms with van der Waals surface area (Å²) in [6.45, 7) is 2.07. The molecule has 0 bridgehead atoms. The van der Waals surface area contributed by atoms with Crippen LogP contribution in [0.25, 0.3) is 0 Å². The maximum absolute atomic E-state index is 10.1. The molecule has 1 aromatic carbocycles. The van der Waals surface area contributed by atoms with Crippen LogP contribution in [0.4, 0.5) is 5.69 Å². The minimum atomic E-state index is -0.674. The van der Waals surface area contributed by atoms with Crippen molar-refractivity contribution in [2.45, 2.75) is 19.3 Å². The smallest absolute Gasteiger partial charge is 0.303 e. The zero-order valence-corrected chi connectivity index (χ0v) is 12.0. The minimum absolute atomic E-state index is 0.326. The van der Waals surface area contributed by atoms with E-state index in [1.807, 2.05) is 0 Å². The summed E-state index contributed by atoms with van der Waals surface area (Å²) >= 11 is 11.2. The lowest BCUT2D eigenvalue weighted by Gasteiger charge is -2.03. The summed E-state index contributed by atoms with van der Waals surface area (Å²) in [5.74, 6) is -0.0667. The quantitative estimate of drug-likeness (QED) is 0.750. The van der Waals surface area contributed by atoms with Gasteiger partial charge in [-0.2, -0.15) is 0 Å². The summed E-state index contributed by atoms with van der Waals surface area (Å²) in [6.07, 6.45) is 2.31. The molecule has 0 aromatic heterocycles. The van der Waals surface area contributed by atoms with Gasteiger partial charge in [-0.3, -0.25) is 4.79 Å². The predicted molar refractivity (Wildman–Crippen MR) is 78.7 cm³/mol. The molecule has 2 rings (SSSR count). The average molecular weight is 305 g/mol. The highest BCUT2D eigenvalue weighted by molar-refractivity contribution is 6.42. The van der Waals surface area contributed by atoms with Crippen LogP contribution in [-0.2, 0) is 4.79 Å². The van der Waals surface area contributed by atoms with Crippen molar-refractivity contribution in [1.82, 2.24) is 5.32 Å². The predicted octanol–water partition coefficient (Wildman–Crippen LogP) is 3.04. The minimum Gasteiger partial charge on any atom is -0.481 e. The molecule has 1 unspecified atom stereocenters. The van der Waals surface area contributed by atoms with E-state index in [-0.39, 0.29) is 0 Å². The molecule has 1 aromatic rings. The second kappa shape index (κ2) is 8.25. The number of anilines is 1. The Hall–Kier alpha value is -0.970. The first-order valence-corrected chi connectivity index (χ1v) is 6.87. The number of carbonyl (C=O) groups is 1. The number of carboxylic acids is 1. The van der Waals surface area contributed by atoms with Crippen LogP contribution in [0.1, 0.15) is 19.3 Å². The van der Waals surface area contributed by atoms with Crippen molar-refractivity contribution >= 4 is 34.9 Å². The van der Waals surface area contributed by atoms with Crippen LogP contribution in [-0.4, -0.2) is 24.2 Å². The van der Waals surface area contributed by atoms with Crippen LogP contribution in [0.2, 0.25) is 10.0 Å². The number of rotatable bonds is 3. The van der Waals surface area contributed by atoms with E-state index in [0.717, 1.165) is 25.9 Å². The second-order valence-electron chi connectivity index (χ2n) is 4.46. The van der Waals surface area contributed by atoms with E-state index in [1.165, 1.54) is 0 Å². The van der Waals surface area contributed by atoms with E-state index < -0.39 is 5.97 Å². The number of aliphatic carboxylic acids is 1. The Labute approximate surface area is 122 Å². The standard InChI is InChI=1S/C7H13NO2.C6H5Cl2N/c9-7(10)2-1-6-3-4-8-5-6;7-5-2-1-4(9)3-6(5)8/h6,8H,1-5H2,(H,9,10);1-3H,9H2.